The molecular weight excluding hydrogens is 434 g/mol. The number of sulfonamides is 1. The van der Waals surface area contributed by atoms with E-state index >= 15 is 0 Å². The number of nitrogens with zero attached hydrogens (tertiary/aromatic N) is 2. The second-order valence-corrected chi connectivity index (χ2v) is 11.2. The summed E-state index contributed by atoms with van der Waals surface area (Å²) in [6.45, 7) is 8.85. The van der Waals surface area contributed by atoms with Crippen LogP contribution in [0, 0.1) is 5.92 Å². The van der Waals surface area contributed by atoms with E-state index in [1.54, 1.807) is 36.4 Å². The monoisotopic (exact) mass is 463 g/mol. The molecule has 6 nitrogen and oxygen atoms in total. The van der Waals surface area contributed by atoms with Gasteiger partial charge in [-0.1, -0.05) is 30.7 Å². The summed E-state index contributed by atoms with van der Waals surface area (Å²) in [5.74, 6) is -0.184. The fourth-order valence-corrected chi connectivity index (χ4v) is 6.25. The van der Waals surface area contributed by atoms with Crippen LogP contribution in [-0.4, -0.2) is 61.9 Å². The van der Waals surface area contributed by atoms with Crippen LogP contribution in [0.4, 0.5) is 0 Å². The summed E-state index contributed by atoms with van der Waals surface area (Å²) in [7, 11) is -3.82. The first kappa shape index (κ1) is 22.5. The Morgan fingerprint density at radius 2 is 1.71 bits per heavy atom. The van der Waals surface area contributed by atoms with Crippen molar-refractivity contribution in [3.05, 3.63) is 41.4 Å². The number of fused-ring (bicyclic) bond motifs is 1. The van der Waals surface area contributed by atoms with Gasteiger partial charge in [-0.05, 0) is 67.6 Å². The number of hydrogen-bond donors (Lipinski definition) is 1. The van der Waals surface area contributed by atoms with E-state index in [0.717, 1.165) is 36.7 Å². The van der Waals surface area contributed by atoms with Gasteiger partial charge in [0.25, 0.3) is 0 Å². The lowest BCUT2D eigenvalue weighted by Gasteiger charge is -2.38. The second kappa shape index (κ2) is 8.70. The van der Waals surface area contributed by atoms with Crippen LogP contribution in [0.15, 0.2) is 41.3 Å². The third-order valence-electron chi connectivity index (χ3n) is 6.64. The highest BCUT2D eigenvalue weighted by Gasteiger charge is 2.43. The minimum Gasteiger partial charge on any atom is -0.338 e. The Morgan fingerprint density at radius 1 is 1.06 bits per heavy atom. The van der Waals surface area contributed by atoms with E-state index in [1.807, 2.05) is 11.8 Å². The van der Waals surface area contributed by atoms with Crippen LogP contribution in [0.3, 0.4) is 0 Å². The van der Waals surface area contributed by atoms with Crippen molar-refractivity contribution in [1.82, 2.24) is 14.5 Å². The van der Waals surface area contributed by atoms with Crippen LogP contribution < -0.4 is 4.72 Å². The van der Waals surface area contributed by atoms with Gasteiger partial charge in [0.05, 0.1) is 4.90 Å². The average Bonchev–Trinajstić information content (AvgIpc) is 3.01. The first-order valence-electron chi connectivity index (χ1n) is 10.9. The zero-order valence-corrected chi connectivity index (χ0v) is 19.8. The Labute approximate surface area is 189 Å². The Hall–Kier alpha value is -1.67. The van der Waals surface area contributed by atoms with Gasteiger partial charge in [-0.15, -0.1) is 0 Å². The van der Waals surface area contributed by atoms with Crippen molar-refractivity contribution in [3.8, 4) is 0 Å². The van der Waals surface area contributed by atoms with Crippen LogP contribution in [0.1, 0.15) is 33.6 Å². The summed E-state index contributed by atoms with van der Waals surface area (Å²) >= 11 is 6.02. The van der Waals surface area contributed by atoms with Crippen molar-refractivity contribution >= 4 is 38.3 Å². The molecule has 0 bridgehead atoms. The fraction of sp³-hybridized carbons (Fsp3) is 0.522. The number of benzene rings is 2. The van der Waals surface area contributed by atoms with Gasteiger partial charge in [0.1, 0.15) is 6.04 Å². The Balaban J connectivity index is 1.48. The minimum atomic E-state index is -3.82. The van der Waals surface area contributed by atoms with Gasteiger partial charge >= 0.3 is 0 Å². The molecule has 2 aromatic rings. The zero-order valence-electron chi connectivity index (χ0n) is 18.2. The molecule has 0 aliphatic carbocycles. The van der Waals surface area contributed by atoms with Crippen molar-refractivity contribution in [2.45, 2.75) is 56.6 Å². The van der Waals surface area contributed by atoms with Gasteiger partial charge in [-0.25, -0.2) is 8.42 Å². The first-order valence-corrected chi connectivity index (χ1v) is 12.8. The standard InChI is InChI=1S/C23H30ClN3O3S/c1-15(2)26-10-8-20(9-11-26)27-14-16(3)22(23(27)28)25-31(29,30)21-7-5-17-12-19(24)6-4-18(17)13-21/h4-7,12-13,15-16,20,22,25H,8-11,14H2,1-3H3. The second-order valence-electron chi connectivity index (χ2n) is 9.08. The maximum absolute atomic E-state index is 13.2. The van der Waals surface area contributed by atoms with Crippen LogP contribution in [-0.2, 0) is 14.8 Å². The molecule has 0 spiro atoms. The van der Waals surface area contributed by atoms with E-state index in [-0.39, 0.29) is 22.8 Å². The van der Waals surface area contributed by atoms with Gasteiger partial charge in [0, 0.05) is 36.7 Å². The molecule has 31 heavy (non-hydrogen) atoms. The minimum absolute atomic E-state index is 0.0790. The Morgan fingerprint density at radius 3 is 2.39 bits per heavy atom. The number of carbonyl (C=O) groups excluding carboxylic acids is 1. The summed E-state index contributed by atoms with van der Waals surface area (Å²) in [6.07, 6.45) is 1.87. The molecule has 4 rings (SSSR count). The molecule has 0 radical (unpaired) electrons. The zero-order chi connectivity index (χ0) is 22.3. The molecular formula is C23H30ClN3O3S. The molecule has 2 unspecified atom stereocenters. The third kappa shape index (κ3) is 4.60. The highest BCUT2D eigenvalue weighted by molar-refractivity contribution is 7.89. The number of rotatable bonds is 5. The van der Waals surface area contributed by atoms with Crippen molar-refractivity contribution in [2.75, 3.05) is 19.6 Å². The van der Waals surface area contributed by atoms with Crippen LogP contribution in [0.5, 0.6) is 0 Å². The van der Waals surface area contributed by atoms with E-state index in [0.29, 0.717) is 17.6 Å². The fourth-order valence-electron chi connectivity index (χ4n) is 4.73. The molecule has 168 valence electrons. The normalized spacial score (nSPS) is 23.9. The molecule has 0 saturated carbocycles. The summed E-state index contributed by atoms with van der Waals surface area (Å²) in [6, 6.07) is 10.2. The van der Waals surface area contributed by atoms with E-state index in [4.69, 9.17) is 11.6 Å². The molecule has 1 amide bonds. The lowest BCUT2D eigenvalue weighted by atomic mass is 10.0. The lowest BCUT2D eigenvalue weighted by Crippen LogP contribution is -2.49. The maximum atomic E-state index is 13.2. The van der Waals surface area contributed by atoms with Crippen LogP contribution >= 0.6 is 11.6 Å². The van der Waals surface area contributed by atoms with Crippen LogP contribution in [0.2, 0.25) is 5.02 Å². The van der Waals surface area contributed by atoms with E-state index in [9.17, 15) is 13.2 Å². The number of likely N-dealkylation sites (tertiary alicyclic amines) is 2. The molecule has 2 saturated heterocycles. The van der Waals surface area contributed by atoms with Gasteiger partial charge in [-0.3, -0.25) is 4.79 Å². The Bertz CT molecular complexity index is 1080. The van der Waals surface area contributed by atoms with Crippen molar-refractivity contribution in [1.29, 1.82) is 0 Å². The maximum Gasteiger partial charge on any atom is 0.241 e. The number of piperidine rings is 1. The smallest absolute Gasteiger partial charge is 0.241 e. The van der Waals surface area contributed by atoms with Gasteiger partial charge < -0.3 is 9.80 Å². The molecule has 2 atom stereocenters. The third-order valence-corrected chi connectivity index (χ3v) is 8.31. The average molecular weight is 464 g/mol. The predicted molar refractivity (Wildman–Crippen MR) is 124 cm³/mol. The number of carbonyl (C=O) groups is 1. The summed E-state index contributed by atoms with van der Waals surface area (Å²) in [5, 5.41) is 2.26. The number of nitrogens with one attached hydrogen (secondary N) is 1. The van der Waals surface area contributed by atoms with E-state index < -0.39 is 16.1 Å². The SMILES string of the molecule is CC1CN(C2CCN(C(C)C)CC2)C(=O)C1NS(=O)(=O)c1ccc2cc(Cl)ccc2c1. The highest BCUT2D eigenvalue weighted by atomic mass is 35.5. The molecule has 2 aliphatic heterocycles. The topological polar surface area (TPSA) is 69.7 Å². The van der Waals surface area contributed by atoms with Crippen molar-refractivity contribution in [2.24, 2.45) is 5.92 Å². The number of halogens is 1. The first-order chi connectivity index (χ1) is 14.7. The molecule has 2 aromatic carbocycles. The number of amides is 1. The van der Waals surface area contributed by atoms with Gasteiger partial charge in [0.15, 0.2) is 0 Å². The summed E-state index contributed by atoms with van der Waals surface area (Å²) in [4.78, 5) is 17.6. The molecule has 0 aromatic heterocycles. The summed E-state index contributed by atoms with van der Waals surface area (Å²) in [5.41, 5.74) is 0. The van der Waals surface area contributed by atoms with Crippen molar-refractivity contribution in [3.63, 3.8) is 0 Å². The molecule has 1 N–H and O–H groups in total. The number of hydrogen-bond acceptors (Lipinski definition) is 4. The highest BCUT2D eigenvalue weighted by Crippen LogP contribution is 2.28. The van der Waals surface area contributed by atoms with Crippen LogP contribution in [0.25, 0.3) is 10.8 Å². The molecule has 2 heterocycles. The summed E-state index contributed by atoms with van der Waals surface area (Å²) < 4.78 is 28.8. The quantitative estimate of drug-likeness (QED) is 0.736. The van der Waals surface area contributed by atoms with Gasteiger partial charge in [-0.2, -0.15) is 4.72 Å². The molecule has 2 fully saturated rings. The lowest BCUT2D eigenvalue weighted by molar-refractivity contribution is -0.132. The Kier molecular flexibility index (Phi) is 6.32. The van der Waals surface area contributed by atoms with Crippen molar-refractivity contribution < 1.29 is 13.2 Å². The largest absolute Gasteiger partial charge is 0.338 e. The molecule has 2 aliphatic rings. The predicted octanol–water partition coefficient (Wildman–Crippen LogP) is 3.49. The molecule has 8 heteroatoms. The van der Waals surface area contributed by atoms with E-state index in [2.05, 4.69) is 23.5 Å². The van der Waals surface area contributed by atoms with Gasteiger partial charge in [0.2, 0.25) is 15.9 Å². The van der Waals surface area contributed by atoms with E-state index in [1.165, 1.54) is 0 Å².